The second-order valence-corrected chi connectivity index (χ2v) is 6.52. The molecule has 0 radical (unpaired) electrons. The maximum absolute atomic E-state index is 6.29. The van der Waals surface area contributed by atoms with Crippen LogP contribution in [0, 0.1) is 0 Å². The Morgan fingerprint density at radius 2 is 2.24 bits per heavy atom. The lowest BCUT2D eigenvalue weighted by Crippen LogP contribution is -2.49. The molecule has 2 aliphatic rings. The van der Waals surface area contributed by atoms with E-state index in [-0.39, 0.29) is 6.10 Å². The van der Waals surface area contributed by atoms with E-state index in [2.05, 4.69) is 24.1 Å². The lowest BCUT2D eigenvalue weighted by Gasteiger charge is -2.39. The third-order valence-corrected chi connectivity index (χ3v) is 4.62. The monoisotopic (exact) mass is 309 g/mol. The SMILES string of the molecule is CCC1COC(C)CN1c1ccc(Cl)c(CNC2CC2)n1. The molecule has 4 nitrogen and oxygen atoms in total. The first-order chi connectivity index (χ1) is 10.2. The number of anilines is 1. The summed E-state index contributed by atoms with van der Waals surface area (Å²) >= 11 is 6.29. The minimum atomic E-state index is 0.248. The lowest BCUT2D eigenvalue weighted by atomic mass is 10.1. The van der Waals surface area contributed by atoms with E-state index in [0.717, 1.165) is 42.7 Å². The lowest BCUT2D eigenvalue weighted by molar-refractivity contribution is 0.0296. The van der Waals surface area contributed by atoms with E-state index in [1.54, 1.807) is 0 Å². The maximum atomic E-state index is 6.29. The van der Waals surface area contributed by atoms with Crippen molar-refractivity contribution >= 4 is 17.4 Å². The fraction of sp³-hybridized carbons (Fsp3) is 0.688. The molecule has 2 fully saturated rings. The van der Waals surface area contributed by atoms with E-state index in [4.69, 9.17) is 21.3 Å². The number of pyridine rings is 1. The second-order valence-electron chi connectivity index (χ2n) is 6.11. The predicted molar refractivity (Wildman–Crippen MR) is 85.9 cm³/mol. The summed E-state index contributed by atoms with van der Waals surface area (Å²) in [6, 6.07) is 5.07. The topological polar surface area (TPSA) is 37.4 Å². The van der Waals surface area contributed by atoms with Gasteiger partial charge in [0.25, 0.3) is 0 Å². The Hall–Kier alpha value is -0.840. The third-order valence-electron chi connectivity index (χ3n) is 4.27. The number of aromatic nitrogens is 1. The van der Waals surface area contributed by atoms with Gasteiger partial charge in [0.15, 0.2) is 0 Å². The van der Waals surface area contributed by atoms with Crippen LogP contribution in [0.5, 0.6) is 0 Å². The molecule has 5 heteroatoms. The van der Waals surface area contributed by atoms with E-state index in [1.165, 1.54) is 12.8 Å². The van der Waals surface area contributed by atoms with Gasteiger partial charge in [0.2, 0.25) is 0 Å². The molecule has 2 unspecified atom stereocenters. The van der Waals surface area contributed by atoms with Gasteiger partial charge in [-0.25, -0.2) is 4.98 Å². The molecule has 2 heterocycles. The van der Waals surface area contributed by atoms with Gasteiger partial charge in [0, 0.05) is 19.1 Å². The molecule has 2 atom stereocenters. The first kappa shape index (κ1) is 15.1. The normalized spacial score (nSPS) is 26.1. The Bertz CT molecular complexity index is 492. The van der Waals surface area contributed by atoms with Crippen molar-refractivity contribution in [2.24, 2.45) is 0 Å². The molecule has 0 aromatic carbocycles. The van der Waals surface area contributed by atoms with Gasteiger partial charge in [-0.1, -0.05) is 18.5 Å². The van der Waals surface area contributed by atoms with Crippen LogP contribution in [-0.4, -0.2) is 36.3 Å². The van der Waals surface area contributed by atoms with Crippen LogP contribution in [0.25, 0.3) is 0 Å². The van der Waals surface area contributed by atoms with Gasteiger partial charge in [0.05, 0.1) is 29.5 Å². The molecule has 1 aliphatic carbocycles. The first-order valence-corrected chi connectivity index (χ1v) is 8.32. The fourth-order valence-electron chi connectivity index (χ4n) is 2.75. The van der Waals surface area contributed by atoms with Crippen molar-refractivity contribution in [2.75, 3.05) is 18.1 Å². The minimum absolute atomic E-state index is 0.248. The summed E-state index contributed by atoms with van der Waals surface area (Å²) in [4.78, 5) is 7.17. The number of morpholine rings is 1. The molecular formula is C16H24ClN3O. The molecule has 21 heavy (non-hydrogen) atoms. The van der Waals surface area contributed by atoms with Crippen LogP contribution in [0.15, 0.2) is 12.1 Å². The Labute approximate surface area is 131 Å². The highest BCUT2D eigenvalue weighted by molar-refractivity contribution is 6.31. The molecule has 0 amide bonds. The molecule has 1 aromatic heterocycles. The molecule has 1 saturated heterocycles. The number of hydrogen-bond acceptors (Lipinski definition) is 4. The molecule has 3 rings (SSSR count). The van der Waals surface area contributed by atoms with E-state index < -0.39 is 0 Å². The van der Waals surface area contributed by atoms with Crippen LogP contribution < -0.4 is 10.2 Å². The van der Waals surface area contributed by atoms with Crippen molar-refractivity contribution in [3.05, 3.63) is 22.8 Å². The first-order valence-electron chi connectivity index (χ1n) is 7.94. The molecule has 116 valence electrons. The summed E-state index contributed by atoms with van der Waals surface area (Å²) in [5.41, 5.74) is 0.954. The van der Waals surface area contributed by atoms with E-state index >= 15 is 0 Å². The van der Waals surface area contributed by atoms with Crippen LogP contribution in [-0.2, 0) is 11.3 Å². The van der Waals surface area contributed by atoms with Gasteiger partial charge in [0.1, 0.15) is 5.82 Å². The Balaban J connectivity index is 1.77. The highest BCUT2D eigenvalue weighted by atomic mass is 35.5. The highest BCUT2D eigenvalue weighted by Gasteiger charge is 2.27. The van der Waals surface area contributed by atoms with Crippen LogP contribution in [0.1, 0.15) is 38.8 Å². The molecule has 0 bridgehead atoms. The van der Waals surface area contributed by atoms with Gasteiger partial charge in [-0.15, -0.1) is 0 Å². The molecule has 1 aliphatic heterocycles. The predicted octanol–water partition coefficient (Wildman–Crippen LogP) is 2.99. The number of nitrogens with one attached hydrogen (secondary N) is 1. The van der Waals surface area contributed by atoms with Crippen molar-refractivity contribution in [1.82, 2.24) is 10.3 Å². The van der Waals surface area contributed by atoms with Gasteiger partial charge < -0.3 is 15.0 Å². The van der Waals surface area contributed by atoms with Crippen LogP contribution in [0.3, 0.4) is 0 Å². The zero-order valence-electron chi connectivity index (χ0n) is 12.8. The zero-order chi connectivity index (χ0) is 14.8. The molecule has 1 saturated carbocycles. The zero-order valence-corrected chi connectivity index (χ0v) is 13.6. The van der Waals surface area contributed by atoms with E-state index in [1.807, 2.05) is 12.1 Å². The molecular weight excluding hydrogens is 286 g/mol. The van der Waals surface area contributed by atoms with Crippen molar-refractivity contribution in [2.45, 2.75) is 57.8 Å². The minimum Gasteiger partial charge on any atom is -0.375 e. The average Bonchev–Trinajstić information content (AvgIpc) is 3.30. The molecule has 1 aromatic rings. The van der Waals surface area contributed by atoms with Gasteiger partial charge in [-0.05, 0) is 38.3 Å². The molecule has 0 spiro atoms. The van der Waals surface area contributed by atoms with Crippen LogP contribution in [0.4, 0.5) is 5.82 Å². The summed E-state index contributed by atoms with van der Waals surface area (Å²) < 4.78 is 5.77. The Morgan fingerprint density at radius 3 is 2.95 bits per heavy atom. The number of nitrogens with zero attached hydrogens (tertiary/aromatic N) is 2. The smallest absolute Gasteiger partial charge is 0.129 e. The van der Waals surface area contributed by atoms with Crippen LogP contribution in [0.2, 0.25) is 5.02 Å². The number of hydrogen-bond donors (Lipinski definition) is 1. The summed E-state index contributed by atoms with van der Waals surface area (Å²) in [5.74, 6) is 1.02. The summed E-state index contributed by atoms with van der Waals surface area (Å²) in [5, 5.41) is 4.24. The van der Waals surface area contributed by atoms with Crippen LogP contribution >= 0.6 is 11.6 Å². The average molecular weight is 310 g/mol. The number of rotatable bonds is 5. The van der Waals surface area contributed by atoms with Crippen molar-refractivity contribution < 1.29 is 4.74 Å². The summed E-state index contributed by atoms with van der Waals surface area (Å²) in [6.07, 6.45) is 3.86. The van der Waals surface area contributed by atoms with Gasteiger partial charge in [-0.2, -0.15) is 0 Å². The van der Waals surface area contributed by atoms with Crippen molar-refractivity contribution in [3.8, 4) is 0 Å². The Kier molecular flexibility index (Phi) is 4.67. The maximum Gasteiger partial charge on any atom is 0.129 e. The number of ether oxygens (including phenoxy) is 1. The fourth-order valence-corrected chi connectivity index (χ4v) is 2.92. The quantitative estimate of drug-likeness (QED) is 0.907. The summed E-state index contributed by atoms with van der Waals surface area (Å²) in [7, 11) is 0. The molecule has 1 N–H and O–H groups in total. The second kappa shape index (κ2) is 6.51. The van der Waals surface area contributed by atoms with Crippen molar-refractivity contribution in [1.29, 1.82) is 0 Å². The highest BCUT2D eigenvalue weighted by Crippen LogP contribution is 2.26. The summed E-state index contributed by atoms with van der Waals surface area (Å²) in [6.45, 7) is 6.74. The van der Waals surface area contributed by atoms with Crippen molar-refractivity contribution in [3.63, 3.8) is 0 Å². The Morgan fingerprint density at radius 1 is 1.43 bits per heavy atom. The van der Waals surface area contributed by atoms with E-state index in [0.29, 0.717) is 12.1 Å². The standard InChI is InChI=1S/C16H24ClN3O/c1-3-13-10-21-11(2)9-20(13)16-7-6-14(17)15(19-16)8-18-12-4-5-12/h6-7,11-13,18H,3-5,8-10H2,1-2H3. The van der Waals surface area contributed by atoms with E-state index in [9.17, 15) is 0 Å². The largest absolute Gasteiger partial charge is 0.375 e. The van der Waals surface area contributed by atoms with Gasteiger partial charge >= 0.3 is 0 Å². The van der Waals surface area contributed by atoms with Gasteiger partial charge in [-0.3, -0.25) is 0 Å². The third kappa shape index (κ3) is 3.68. The number of halogens is 1.